The van der Waals surface area contributed by atoms with Crippen LogP contribution in [0.25, 0.3) is 10.9 Å². The highest BCUT2D eigenvalue weighted by Crippen LogP contribution is 2.30. The van der Waals surface area contributed by atoms with Crippen LogP contribution in [0.2, 0.25) is 0 Å². The Morgan fingerprint density at radius 1 is 1.60 bits per heavy atom. The van der Waals surface area contributed by atoms with Crippen LogP contribution < -0.4 is 10.5 Å². The molecule has 0 spiro atoms. The van der Waals surface area contributed by atoms with Crippen LogP contribution in [0, 0.1) is 0 Å². The Bertz CT molecular complexity index is 535. The number of hydrogen-bond acceptors (Lipinski definition) is 3. The first-order valence-electron chi connectivity index (χ1n) is 4.15. The zero-order valence-corrected chi connectivity index (χ0v) is 9.46. The second kappa shape index (κ2) is 3.54. The molecule has 0 aliphatic heterocycles. The molecule has 0 saturated heterocycles. The van der Waals surface area contributed by atoms with Crippen LogP contribution in [0.1, 0.15) is 10.5 Å². The van der Waals surface area contributed by atoms with Gasteiger partial charge in [-0.3, -0.25) is 9.89 Å². The standard InChI is InChI=1S/C9H8BrN3O2/c1-15-7-3-6-4(2-5(7)10)8(9(11)14)13-12-6/h2-3H,1H3,(H2,11,14)(H,12,13). The number of aromatic nitrogens is 2. The number of nitrogens with one attached hydrogen (secondary N) is 1. The Kier molecular flexibility index (Phi) is 2.36. The fourth-order valence-electron chi connectivity index (χ4n) is 1.36. The maximum Gasteiger partial charge on any atom is 0.269 e. The SMILES string of the molecule is COc1cc2[nH]nc(C(N)=O)c2cc1Br. The van der Waals surface area contributed by atoms with Crippen molar-refractivity contribution in [2.75, 3.05) is 7.11 Å². The van der Waals surface area contributed by atoms with Crippen molar-refractivity contribution in [3.63, 3.8) is 0 Å². The molecule has 2 aromatic rings. The minimum atomic E-state index is -0.557. The Hall–Kier alpha value is -1.56. The first-order chi connectivity index (χ1) is 7.13. The van der Waals surface area contributed by atoms with Crippen molar-refractivity contribution in [3.05, 3.63) is 22.3 Å². The summed E-state index contributed by atoms with van der Waals surface area (Å²) >= 11 is 3.33. The fraction of sp³-hybridized carbons (Fsp3) is 0.111. The van der Waals surface area contributed by atoms with Gasteiger partial charge in [-0.05, 0) is 22.0 Å². The molecule has 1 heterocycles. The van der Waals surface area contributed by atoms with E-state index in [0.717, 1.165) is 4.47 Å². The van der Waals surface area contributed by atoms with E-state index >= 15 is 0 Å². The van der Waals surface area contributed by atoms with Crippen molar-refractivity contribution in [3.8, 4) is 5.75 Å². The van der Waals surface area contributed by atoms with Crippen molar-refractivity contribution in [2.45, 2.75) is 0 Å². The third-order valence-corrected chi connectivity index (χ3v) is 2.69. The number of fused-ring (bicyclic) bond motifs is 1. The normalized spacial score (nSPS) is 10.5. The van der Waals surface area contributed by atoms with Gasteiger partial charge in [-0.15, -0.1) is 0 Å². The third kappa shape index (κ3) is 1.56. The summed E-state index contributed by atoms with van der Waals surface area (Å²) in [5, 5.41) is 7.23. The molecule has 1 aromatic carbocycles. The van der Waals surface area contributed by atoms with Crippen molar-refractivity contribution >= 4 is 32.7 Å². The molecule has 0 saturated carbocycles. The van der Waals surface area contributed by atoms with E-state index in [1.165, 1.54) is 0 Å². The monoisotopic (exact) mass is 269 g/mol. The molecule has 0 bridgehead atoms. The third-order valence-electron chi connectivity index (χ3n) is 2.07. The van der Waals surface area contributed by atoms with E-state index in [1.807, 2.05) is 0 Å². The van der Waals surface area contributed by atoms with E-state index in [9.17, 15) is 4.79 Å². The van der Waals surface area contributed by atoms with Gasteiger partial charge in [-0.1, -0.05) is 0 Å². The average Bonchev–Trinajstić information content (AvgIpc) is 2.59. The summed E-state index contributed by atoms with van der Waals surface area (Å²) in [6.07, 6.45) is 0. The largest absolute Gasteiger partial charge is 0.495 e. The first kappa shape index (κ1) is 9.97. The second-order valence-corrected chi connectivity index (χ2v) is 3.82. The Morgan fingerprint density at radius 3 is 2.93 bits per heavy atom. The Morgan fingerprint density at radius 2 is 2.33 bits per heavy atom. The highest BCUT2D eigenvalue weighted by molar-refractivity contribution is 9.10. The van der Waals surface area contributed by atoms with Crippen molar-refractivity contribution < 1.29 is 9.53 Å². The molecule has 0 fully saturated rings. The van der Waals surface area contributed by atoms with Gasteiger partial charge in [0.2, 0.25) is 0 Å². The number of carbonyl (C=O) groups excluding carboxylic acids is 1. The van der Waals surface area contributed by atoms with Crippen LogP contribution in [-0.2, 0) is 0 Å². The number of halogens is 1. The molecule has 15 heavy (non-hydrogen) atoms. The number of rotatable bonds is 2. The molecule has 2 rings (SSSR count). The lowest BCUT2D eigenvalue weighted by Crippen LogP contribution is -2.11. The van der Waals surface area contributed by atoms with Crippen LogP contribution in [0.15, 0.2) is 16.6 Å². The lowest BCUT2D eigenvalue weighted by Gasteiger charge is -2.02. The first-order valence-corrected chi connectivity index (χ1v) is 4.94. The highest BCUT2D eigenvalue weighted by Gasteiger charge is 2.13. The van der Waals surface area contributed by atoms with Crippen LogP contribution in [-0.4, -0.2) is 23.2 Å². The number of methoxy groups -OCH3 is 1. The summed E-state index contributed by atoms with van der Waals surface area (Å²) in [7, 11) is 1.57. The number of amides is 1. The quantitative estimate of drug-likeness (QED) is 0.866. The van der Waals surface area contributed by atoms with Gasteiger partial charge in [0, 0.05) is 11.5 Å². The van der Waals surface area contributed by atoms with E-state index in [4.69, 9.17) is 10.5 Å². The lowest BCUT2D eigenvalue weighted by molar-refractivity contribution is 0.0997. The Labute approximate surface area is 93.7 Å². The summed E-state index contributed by atoms with van der Waals surface area (Å²) in [4.78, 5) is 11.0. The van der Waals surface area contributed by atoms with Gasteiger partial charge in [0.15, 0.2) is 5.69 Å². The van der Waals surface area contributed by atoms with Gasteiger partial charge in [0.05, 0.1) is 17.1 Å². The highest BCUT2D eigenvalue weighted by atomic mass is 79.9. The van der Waals surface area contributed by atoms with Gasteiger partial charge in [0.25, 0.3) is 5.91 Å². The lowest BCUT2D eigenvalue weighted by atomic mass is 10.2. The van der Waals surface area contributed by atoms with Crippen molar-refractivity contribution in [1.82, 2.24) is 10.2 Å². The minimum Gasteiger partial charge on any atom is -0.495 e. The molecule has 0 unspecified atom stereocenters. The van der Waals surface area contributed by atoms with Gasteiger partial charge >= 0.3 is 0 Å². The van der Waals surface area contributed by atoms with E-state index in [-0.39, 0.29) is 5.69 Å². The van der Waals surface area contributed by atoms with Crippen LogP contribution >= 0.6 is 15.9 Å². The van der Waals surface area contributed by atoms with E-state index in [0.29, 0.717) is 16.7 Å². The number of carbonyl (C=O) groups is 1. The minimum absolute atomic E-state index is 0.230. The van der Waals surface area contributed by atoms with Crippen molar-refractivity contribution in [1.29, 1.82) is 0 Å². The summed E-state index contributed by atoms with van der Waals surface area (Å²) in [5.74, 6) is 0.112. The zero-order valence-electron chi connectivity index (χ0n) is 7.87. The second-order valence-electron chi connectivity index (χ2n) is 2.97. The number of nitrogens with zero attached hydrogens (tertiary/aromatic N) is 1. The number of H-pyrrole nitrogens is 1. The van der Waals surface area contributed by atoms with Gasteiger partial charge in [-0.25, -0.2) is 0 Å². The fourth-order valence-corrected chi connectivity index (χ4v) is 1.87. The van der Waals surface area contributed by atoms with E-state index in [1.54, 1.807) is 19.2 Å². The number of benzene rings is 1. The molecule has 5 nitrogen and oxygen atoms in total. The number of aromatic amines is 1. The summed E-state index contributed by atoms with van der Waals surface area (Å²) < 4.78 is 5.86. The van der Waals surface area contributed by atoms with E-state index < -0.39 is 5.91 Å². The molecule has 78 valence electrons. The van der Waals surface area contributed by atoms with E-state index in [2.05, 4.69) is 26.1 Å². The number of primary amides is 1. The molecular weight excluding hydrogens is 262 g/mol. The Balaban J connectivity index is 2.73. The molecule has 0 radical (unpaired) electrons. The van der Waals surface area contributed by atoms with Gasteiger partial charge in [0.1, 0.15) is 5.75 Å². The number of ether oxygens (including phenoxy) is 1. The molecule has 1 aromatic heterocycles. The molecule has 6 heteroatoms. The predicted molar refractivity (Wildman–Crippen MR) is 58.9 cm³/mol. The average molecular weight is 270 g/mol. The molecular formula is C9H8BrN3O2. The molecule has 3 N–H and O–H groups in total. The maximum atomic E-state index is 11.0. The summed E-state index contributed by atoms with van der Waals surface area (Å²) in [6.45, 7) is 0. The number of nitrogens with two attached hydrogens (primary N) is 1. The molecule has 0 aliphatic carbocycles. The van der Waals surface area contributed by atoms with Gasteiger partial charge in [-0.2, -0.15) is 5.10 Å². The summed E-state index contributed by atoms with van der Waals surface area (Å²) in [5.41, 5.74) is 6.12. The maximum absolute atomic E-state index is 11.0. The topological polar surface area (TPSA) is 81.0 Å². The zero-order chi connectivity index (χ0) is 11.0. The molecule has 0 aliphatic rings. The summed E-state index contributed by atoms with van der Waals surface area (Å²) in [6, 6.07) is 3.50. The van der Waals surface area contributed by atoms with Gasteiger partial charge < -0.3 is 10.5 Å². The predicted octanol–water partition coefficient (Wildman–Crippen LogP) is 1.43. The van der Waals surface area contributed by atoms with Crippen LogP contribution in [0.5, 0.6) is 5.75 Å². The molecule has 0 atom stereocenters. The van der Waals surface area contributed by atoms with Crippen LogP contribution in [0.3, 0.4) is 0 Å². The van der Waals surface area contributed by atoms with Crippen LogP contribution in [0.4, 0.5) is 0 Å². The smallest absolute Gasteiger partial charge is 0.269 e. The van der Waals surface area contributed by atoms with Crippen molar-refractivity contribution in [2.24, 2.45) is 5.73 Å². The molecule has 1 amide bonds. The number of hydrogen-bond donors (Lipinski definition) is 2.